The molecule has 10 heteroatoms. The molecule has 0 spiro atoms. The van der Waals surface area contributed by atoms with Gasteiger partial charge in [0.2, 0.25) is 0 Å². The molecule has 0 saturated heterocycles. The summed E-state index contributed by atoms with van der Waals surface area (Å²) in [5, 5.41) is 6.94. The summed E-state index contributed by atoms with van der Waals surface area (Å²) in [6.07, 6.45) is 1.86. The van der Waals surface area contributed by atoms with Gasteiger partial charge < -0.3 is 14.5 Å². The summed E-state index contributed by atoms with van der Waals surface area (Å²) in [6.45, 7) is 3.62. The first-order valence-electron chi connectivity index (χ1n) is 11.0. The molecule has 1 amide bonds. The van der Waals surface area contributed by atoms with Crippen molar-refractivity contribution in [2.75, 3.05) is 12.4 Å². The molecule has 0 bridgehead atoms. The highest BCUT2D eigenvalue weighted by atomic mass is 32.2. The number of hydrazone groups is 1. The molecule has 2 N–H and O–H groups in total. The van der Waals surface area contributed by atoms with Gasteiger partial charge in [0, 0.05) is 23.2 Å². The number of benzene rings is 2. The Morgan fingerprint density at radius 3 is 2.34 bits per heavy atom. The fraction of sp³-hybridized carbons (Fsp3) is 0.240. The molecule has 35 heavy (non-hydrogen) atoms. The van der Waals surface area contributed by atoms with Crippen molar-refractivity contribution in [1.82, 2.24) is 4.83 Å². The predicted molar refractivity (Wildman–Crippen MR) is 130 cm³/mol. The molecule has 0 saturated carbocycles. The molecule has 3 aromatic rings. The smallest absolute Gasteiger partial charge is 0.337 e. The Morgan fingerprint density at radius 1 is 1.00 bits per heavy atom. The summed E-state index contributed by atoms with van der Waals surface area (Å²) in [5.74, 6) is -0.208. The van der Waals surface area contributed by atoms with Gasteiger partial charge in [0.15, 0.2) is 5.76 Å². The van der Waals surface area contributed by atoms with Gasteiger partial charge in [-0.1, -0.05) is 17.7 Å². The number of furan rings is 1. The highest BCUT2D eigenvalue weighted by molar-refractivity contribution is 7.89. The zero-order valence-corrected chi connectivity index (χ0v) is 20.4. The van der Waals surface area contributed by atoms with Gasteiger partial charge in [-0.05, 0) is 63.1 Å². The molecule has 4 rings (SSSR count). The van der Waals surface area contributed by atoms with Crippen LogP contribution in [0.4, 0.5) is 5.69 Å². The molecular weight excluding hydrogens is 470 g/mol. The second-order valence-corrected chi connectivity index (χ2v) is 9.86. The number of fused-ring (bicyclic) bond motifs is 1. The topological polar surface area (TPSA) is 127 Å². The zero-order valence-electron chi connectivity index (χ0n) is 19.5. The maximum atomic E-state index is 12.9. The van der Waals surface area contributed by atoms with Gasteiger partial charge >= 0.3 is 5.97 Å². The van der Waals surface area contributed by atoms with Gasteiger partial charge in [-0.25, -0.2) is 4.79 Å². The second-order valence-electron chi connectivity index (χ2n) is 8.20. The van der Waals surface area contributed by atoms with Crippen LogP contribution in [-0.2, 0) is 21.2 Å². The van der Waals surface area contributed by atoms with Crippen LogP contribution in [0.25, 0.3) is 0 Å². The summed E-state index contributed by atoms with van der Waals surface area (Å²) >= 11 is 0. The molecule has 0 aliphatic heterocycles. The van der Waals surface area contributed by atoms with Crippen LogP contribution < -0.4 is 10.1 Å². The fourth-order valence-electron chi connectivity index (χ4n) is 3.88. The van der Waals surface area contributed by atoms with Crippen molar-refractivity contribution in [3.05, 3.63) is 82.3 Å². The number of anilines is 1. The lowest BCUT2D eigenvalue weighted by Gasteiger charge is -2.14. The Labute approximate surface area is 203 Å². The number of sulfonamides is 1. The van der Waals surface area contributed by atoms with Gasteiger partial charge in [0.05, 0.1) is 23.3 Å². The van der Waals surface area contributed by atoms with E-state index in [0.717, 1.165) is 5.56 Å². The number of esters is 1. The van der Waals surface area contributed by atoms with Crippen LogP contribution in [-0.4, -0.2) is 33.1 Å². The molecule has 0 radical (unpaired) electrons. The molecule has 1 aliphatic rings. The first kappa shape index (κ1) is 24.2. The summed E-state index contributed by atoms with van der Waals surface area (Å²) in [6, 6.07) is 12.8. The third-order valence-corrected chi connectivity index (χ3v) is 6.95. The van der Waals surface area contributed by atoms with Gasteiger partial charge in [-0.15, -0.1) is 0 Å². The van der Waals surface area contributed by atoms with E-state index < -0.39 is 21.9 Å². The van der Waals surface area contributed by atoms with Gasteiger partial charge in [-0.3, -0.25) is 4.79 Å². The zero-order chi connectivity index (χ0) is 25.2. The maximum absolute atomic E-state index is 12.9. The van der Waals surface area contributed by atoms with Crippen molar-refractivity contribution in [3.8, 4) is 0 Å². The van der Waals surface area contributed by atoms with Crippen LogP contribution in [0, 0.1) is 13.8 Å². The number of methoxy groups -OCH3 is 1. The molecule has 1 aliphatic carbocycles. The summed E-state index contributed by atoms with van der Waals surface area (Å²) in [4.78, 5) is 26.9. The highest BCUT2D eigenvalue weighted by Crippen LogP contribution is 2.30. The van der Waals surface area contributed by atoms with Crippen LogP contribution in [0.5, 0.6) is 0 Å². The van der Waals surface area contributed by atoms with Crippen molar-refractivity contribution in [2.24, 2.45) is 5.10 Å². The van der Waals surface area contributed by atoms with Crippen molar-refractivity contribution in [2.45, 2.75) is 38.0 Å². The monoisotopic (exact) mass is 495 g/mol. The third-order valence-electron chi connectivity index (χ3n) is 5.73. The minimum absolute atomic E-state index is 0.116. The number of nitrogens with one attached hydrogen (secondary N) is 2. The van der Waals surface area contributed by atoms with E-state index in [0.29, 0.717) is 53.1 Å². The molecule has 9 nitrogen and oxygen atoms in total. The van der Waals surface area contributed by atoms with Crippen LogP contribution >= 0.6 is 0 Å². The third kappa shape index (κ3) is 5.12. The summed E-state index contributed by atoms with van der Waals surface area (Å²) in [5.41, 5.74) is 3.54. The molecule has 0 unspecified atom stereocenters. The molecule has 1 aromatic heterocycles. The molecule has 0 atom stereocenters. The molecule has 2 aromatic carbocycles. The van der Waals surface area contributed by atoms with Crippen molar-refractivity contribution in [1.29, 1.82) is 0 Å². The summed E-state index contributed by atoms with van der Waals surface area (Å²) in [7, 11) is -2.54. The number of carbonyl (C=O) groups excluding carboxylic acids is 2. The molecule has 182 valence electrons. The molecule has 1 heterocycles. The minimum atomic E-state index is -3.83. The number of rotatable bonds is 6. The quantitative estimate of drug-likeness (QED) is 0.394. The maximum Gasteiger partial charge on any atom is 0.337 e. The van der Waals surface area contributed by atoms with Crippen LogP contribution in [0.1, 0.15) is 56.2 Å². The number of aryl methyl sites for hydroxylation is 2. The van der Waals surface area contributed by atoms with Crippen LogP contribution in [0.2, 0.25) is 0 Å². The Morgan fingerprint density at radius 2 is 1.69 bits per heavy atom. The lowest BCUT2D eigenvalue weighted by Crippen LogP contribution is -2.22. The average molecular weight is 496 g/mol. The first-order chi connectivity index (χ1) is 16.7. The minimum Gasteiger partial charge on any atom is -0.465 e. The Bertz CT molecular complexity index is 1400. The number of nitrogens with zero attached hydrogens (tertiary/aromatic N) is 1. The Hall–Kier alpha value is -3.92. The summed E-state index contributed by atoms with van der Waals surface area (Å²) < 4.78 is 35.8. The Kier molecular flexibility index (Phi) is 6.74. The standard InChI is InChI=1S/C25H25N3O6S/c1-15-7-13-19(14-8-15)35(31,32)28-27-20-5-4-6-21-22(20)16(2)23(34-21)24(29)26-18-11-9-17(10-12-18)25(30)33-3/h7-14,28H,4-6H2,1-3H3,(H,26,29)/b27-20+. The van der Waals surface area contributed by atoms with Gasteiger partial charge in [0.1, 0.15) is 5.76 Å². The predicted octanol–water partition coefficient (Wildman–Crippen LogP) is 3.95. The van der Waals surface area contributed by atoms with E-state index in [1.807, 2.05) is 6.92 Å². The van der Waals surface area contributed by atoms with Crippen molar-refractivity contribution < 1.29 is 27.2 Å². The van der Waals surface area contributed by atoms with Crippen molar-refractivity contribution in [3.63, 3.8) is 0 Å². The Balaban J connectivity index is 1.55. The van der Waals surface area contributed by atoms with Crippen molar-refractivity contribution >= 4 is 33.3 Å². The highest BCUT2D eigenvalue weighted by Gasteiger charge is 2.28. The number of amides is 1. The van der Waals surface area contributed by atoms with E-state index in [1.165, 1.54) is 19.2 Å². The average Bonchev–Trinajstić information content (AvgIpc) is 3.20. The largest absolute Gasteiger partial charge is 0.465 e. The molecule has 0 fully saturated rings. The number of carbonyl (C=O) groups is 2. The van der Waals surface area contributed by atoms with Crippen LogP contribution in [0.3, 0.4) is 0 Å². The number of hydrogen-bond donors (Lipinski definition) is 2. The lowest BCUT2D eigenvalue weighted by atomic mass is 9.93. The second kappa shape index (κ2) is 9.75. The fourth-order valence-corrected chi connectivity index (χ4v) is 4.71. The van der Waals surface area contributed by atoms with E-state index in [9.17, 15) is 18.0 Å². The van der Waals surface area contributed by atoms with Gasteiger partial charge in [-0.2, -0.15) is 18.4 Å². The van der Waals surface area contributed by atoms with E-state index in [2.05, 4.69) is 20.0 Å². The van der Waals surface area contributed by atoms with Crippen LogP contribution in [0.15, 0.2) is 62.9 Å². The normalized spacial score (nSPS) is 14.3. The number of hydrogen-bond acceptors (Lipinski definition) is 7. The van der Waals surface area contributed by atoms with Gasteiger partial charge in [0.25, 0.3) is 15.9 Å². The van der Waals surface area contributed by atoms with E-state index in [-0.39, 0.29) is 10.7 Å². The number of ether oxygens (including phenoxy) is 1. The van der Waals surface area contributed by atoms with E-state index >= 15 is 0 Å². The lowest BCUT2D eigenvalue weighted by molar-refractivity contribution is 0.0600. The first-order valence-corrected chi connectivity index (χ1v) is 12.5. The SMILES string of the molecule is COC(=O)c1ccc(NC(=O)c2oc3c(c2C)/C(=N/NS(=O)(=O)c2ccc(C)cc2)CCC3)cc1. The van der Waals surface area contributed by atoms with E-state index in [4.69, 9.17) is 4.42 Å². The van der Waals surface area contributed by atoms with E-state index in [1.54, 1.807) is 43.3 Å². The molecular formula is C25H25N3O6S.